The Kier molecular flexibility index (Phi) is 5.28. The Balaban J connectivity index is 4.28. The van der Waals surface area contributed by atoms with E-state index in [1.807, 2.05) is 0 Å². The zero-order valence-corrected chi connectivity index (χ0v) is 8.11. The third kappa shape index (κ3) is 3.88. The van der Waals surface area contributed by atoms with E-state index >= 15 is 0 Å². The molecule has 2 amide bonds. The maximum absolute atomic E-state index is 11.1. The van der Waals surface area contributed by atoms with E-state index in [2.05, 4.69) is 10.6 Å². The van der Waals surface area contributed by atoms with Gasteiger partial charge < -0.3 is 15.7 Å². The van der Waals surface area contributed by atoms with E-state index in [1.54, 1.807) is 0 Å². The Morgan fingerprint density at radius 2 is 2.07 bits per heavy atom. The lowest BCUT2D eigenvalue weighted by atomic mass is 10.0. The van der Waals surface area contributed by atoms with Crippen molar-refractivity contribution in [2.45, 2.75) is 19.4 Å². The number of aliphatic carboxylic acids is 1. The number of amides is 2. The van der Waals surface area contributed by atoms with Crippen LogP contribution in [-0.2, 0) is 14.4 Å². The van der Waals surface area contributed by atoms with Gasteiger partial charge in [-0.05, 0) is 6.42 Å². The maximum Gasteiger partial charge on any atom is 0.306 e. The molecule has 0 saturated carbocycles. The Morgan fingerprint density at radius 1 is 1.50 bits per heavy atom. The highest BCUT2D eigenvalue weighted by Crippen LogP contribution is 2.05. The zero-order valence-electron chi connectivity index (χ0n) is 8.11. The molecule has 6 nitrogen and oxygen atoms in total. The Bertz CT molecular complexity index is 229. The fourth-order valence-corrected chi connectivity index (χ4v) is 0.962. The van der Waals surface area contributed by atoms with Gasteiger partial charge in [-0.15, -0.1) is 0 Å². The minimum absolute atomic E-state index is 0.0771. The number of carboxylic acids is 1. The highest BCUT2D eigenvalue weighted by molar-refractivity contribution is 5.84. The lowest BCUT2D eigenvalue weighted by molar-refractivity contribution is -0.142. The van der Waals surface area contributed by atoms with Crippen LogP contribution in [0.15, 0.2) is 0 Å². The summed E-state index contributed by atoms with van der Waals surface area (Å²) in [6.07, 6.45) is 0.461. The van der Waals surface area contributed by atoms with Crippen LogP contribution in [0.4, 0.5) is 0 Å². The van der Waals surface area contributed by atoms with Crippen LogP contribution >= 0.6 is 0 Å². The summed E-state index contributed by atoms with van der Waals surface area (Å²) < 4.78 is 0. The molecule has 2 unspecified atom stereocenters. The molecule has 0 rings (SSSR count). The average molecular weight is 202 g/mol. The standard InChI is InChI=1S/C8H14N2O4/c1-5(8(13)14)3-6(10-4-11)7(12)9-2/h4-6H,3H2,1-2H3,(H,9,12)(H,10,11)(H,13,14). The third-order valence-electron chi connectivity index (χ3n) is 1.84. The van der Waals surface area contributed by atoms with Gasteiger partial charge in [0.15, 0.2) is 0 Å². The molecule has 0 aromatic heterocycles. The Morgan fingerprint density at radius 3 is 2.43 bits per heavy atom. The molecule has 2 atom stereocenters. The van der Waals surface area contributed by atoms with Gasteiger partial charge in [0, 0.05) is 7.05 Å². The van der Waals surface area contributed by atoms with Gasteiger partial charge in [-0.25, -0.2) is 0 Å². The monoisotopic (exact) mass is 202 g/mol. The van der Waals surface area contributed by atoms with E-state index < -0.39 is 23.8 Å². The predicted octanol–water partition coefficient (Wildman–Crippen LogP) is -1.04. The summed E-state index contributed by atoms with van der Waals surface area (Å²) in [6.45, 7) is 1.48. The summed E-state index contributed by atoms with van der Waals surface area (Å²) in [4.78, 5) is 31.8. The average Bonchev–Trinajstić information content (AvgIpc) is 2.15. The number of hydrogen-bond acceptors (Lipinski definition) is 3. The van der Waals surface area contributed by atoms with E-state index in [0.717, 1.165) is 0 Å². The van der Waals surface area contributed by atoms with Crippen molar-refractivity contribution in [3.63, 3.8) is 0 Å². The van der Waals surface area contributed by atoms with Gasteiger partial charge in [-0.1, -0.05) is 6.92 Å². The summed E-state index contributed by atoms with van der Waals surface area (Å²) in [7, 11) is 1.42. The first kappa shape index (κ1) is 12.4. The molecule has 0 aromatic rings. The number of rotatable bonds is 6. The van der Waals surface area contributed by atoms with Gasteiger partial charge in [0.2, 0.25) is 12.3 Å². The predicted molar refractivity (Wildman–Crippen MR) is 48.5 cm³/mol. The highest BCUT2D eigenvalue weighted by atomic mass is 16.4. The minimum Gasteiger partial charge on any atom is -0.481 e. The summed E-state index contributed by atoms with van der Waals surface area (Å²) in [5.74, 6) is -2.07. The molecule has 0 aliphatic carbocycles. The number of nitrogens with one attached hydrogen (secondary N) is 2. The first-order valence-corrected chi connectivity index (χ1v) is 4.17. The fourth-order valence-electron chi connectivity index (χ4n) is 0.962. The normalized spacial score (nSPS) is 13.9. The molecular formula is C8H14N2O4. The molecule has 6 heteroatoms. The molecule has 0 spiro atoms. The second kappa shape index (κ2) is 5.95. The number of carbonyl (C=O) groups is 3. The van der Waals surface area contributed by atoms with Crippen LogP contribution in [0.3, 0.4) is 0 Å². The van der Waals surface area contributed by atoms with Crippen molar-refractivity contribution in [1.82, 2.24) is 10.6 Å². The molecule has 0 heterocycles. The van der Waals surface area contributed by atoms with Crippen LogP contribution in [-0.4, -0.2) is 36.5 Å². The first-order valence-electron chi connectivity index (χ1n) is 4.17. The highest BCUT2D eigenvalue weighted by Gasteiger charge is 2.22. The summed E-state index contributed by atoms with van der Waals surface area (Å²) in [5.41, 5.74) is 0. The van der Waals surface area contributed by atoms with Crippen LogP contribution in [0, 0.1) is 5.92 Å². The fraction of sp³-hybridized carbons (Fsp3) is 0.625. The van der Waals surface area contributed by atoms with Gasteiger partial charge in [0.25, 0.3) is 0 Å². The lowest BCUT2D eigenvalue weighted by Crippen LogP contribution is -2.43. The van der Waals surface area contributed by atoms with Crippen LogP contribution in [0.5, 0.6) is 0 Å². The van der Waals surface area contributed by atoms with E-state index in [1.165, 1.54) is 14.0 Å². The van der Waals surface area contributed by atoms with Crippen molar-refractivity contribution in [3.05, 3.63) is 0 Å². The molecule has 0 radical (unpaired) electrons. The van der Waals surface area contributed by atoms with Crippen LogP contribution in [0.25, 0.3) is 0 Å². The van der Waals surface area contributed by atoms with Gasteiger partial charge in [-0.2, -0.15) is 0 Å². The molecule has 0 bridgehead atoms. The number of hydrogen-bond donors (Lipinski definition) is 3. The molecule has 0 fully saturated rings. The minimum atomic E-state index is -0.994. The second-order valence-electron chi connectivity index (χ2n) is 2.93. The zero-order chi connectivity index (χ0) is 11.1. The first-order chi connectivity index (χ1) is 6.52. The van der Waals surface area contributed by atoms with Crippen molar-refractivity contribution in [3.8, 4) is 0 Å². The summed E-state index contributed by atoms with van der Waals surface area (Å²) in [5, 5.41) is 13.2. The van der Waals surface area contributed by atoms with Gasteiger partial charge in [0.1, 0.15) is 6.04 Å². The van der Waals surface area contributed by atoms with E-state index in [0.29, 0.717) is 6.41 Å². The second-order valence-corrected chi connectivity index (χ2v) is 2.93. The Hall–Kier alpha value is -1.59. The molecular weight excluding hydrogens is 188 g/mol. The molecule has 14 heavy (non-hydrogen) atoms. The topological polar surface area (TPSA) is 95.5 Å². The lowest BCUT2D eigenvalue weighted by Gasteiger charge is -2.16. The van der Waals surface area contributed by atoms with Crippen LogP contribution in [0.2, 0.25) is 0 Å². The molecule has 0 aliphatic rings. The largest absolute Gasteiger partial charge is 0.481 e. The molecule has 0 aliphatic heterocycles. The number of carboxylic acid groups (broad SMARTS) is 1. The van der Waals surface area contributed by atoms with Crippen molar-refractivity contribution in [2.24, 2.45) is 5.92 Å². The van der Waals surface area contributed by atoms with Crippen molar-refractivity contribution >= 4 is 18.3 Å². The van der Waals surface area contributed by atoms with Gasteiger partial charge >= 0.3 is 5.97 Å². The Labute approximate surface area is 81.7 Å². The van der Waals surface area contributed by atoms with E-state index in [9.17, 15) is 14.4 Å². The molecule has 0 aromatic carbocycles. The van der Waals surface area contributed by atoms with Gasteiger partial charge in [0.05, 0.1) is 5.92 Å². The van der Waals surface area contributed by atoms with E-state index in [4.69, 9.17) is 5.11 Å². The van der Waals surface area contributed by atoms with Crippen LogP contribution in [0.1, 0.15) is 13.3 Å². The van der Waals surface area contributed by atoms with Crippen LogP contribution < -0.4 is 10.6 Å². The molecule has 80 valence electrons. The number of likely N-dealkylation sites (N-methyl/N-ethyl adjacent to an activating group) is 1. The third-order valence-corrected chi connectivity index (χ3v) is 1.84. The SMILES string of the molecule is CNC(=O)C(CC(C)C(=O)O)NC=O. The quantitative estimate of drug-likeness (QED) is 0.479. The maximum atomic E-state index is 11.1. The van der Waals surface area contributed by atoms with Gasteiger partial charge in [-0.3, -0.25) is 14.4 Å². The molecule has 0 saturated heterocycles. The smallest absolute Gasteiger partial charge is 0.306 e. The van der Waals surface area contributed by atoms with E-state index in [-0.39, 0.29) is 6.42 Å². The van der Waals surface area contributed by atoms with Crippen molar-refractivity contribution < 1.29 is 19.5 Å². The summed E-state index contributed by atoms with van der Waals surface area (Å²) in [6, 6.07) is -0.788. The van der Waals surface area contributed by atoms with Crippen molar-refractivity contribution in [1.29, 1.82) is 0 Å². The number of carbonyl (C=O) groups excluding carboxylic acids is 2. The molecule has 3 N–H and O–H groups in total. The summed E-state index contributed by atoms with van der Waals surface area (Å²) >= 11 is 0. The van der Waals surface area contributed by atoms with Crippen molar-refractivity contribution in [2.75, 3.05) is 7.05 Å².